The number of carbonyl (C=O) groups excluding carboxylic acids is 1. The number of aliphatic imine (C=N–C) groups is 1. The average molecular weight is 266 g/mol. The normalized spacial score (nSPS) is 23.2. The summed E-state index contributed by atoms with van der Waals surface area (Å²) < 4.78 is 1.43. The van der Waals surface area contributed by atoms with Gasteiger partial charge in [0.05, 0.1) is 11.1 Å². The molecule has 1 amide bonds. The van der Waals surface area contributed by atoms with Crippen LogP contribution in [0.1, 0.15) is 20.8 Å². The summed E-state index contributed by atoms with van der Waals surface area (Å²) in [4.78, 5) is 20.2. The quantitative estimate of drug-likeness (QED) is 0.910. The Bertz CT molecular complexity index is 441. The molecule has 1 N–H and O–H groups in total. The lowest BCUT2D eigenvalue weighted by Crippen LogP contribution is -2.36. The molecule has 0 fully saturated rings. The molecule has 1 aromatic rings. The van der Waals surface area contributed by atoms with Gasteiger partial charge >= 0.3 is 6.03 Å². The zero-order chi connectivity index (χ0) is 13.1. The molecule has 0 saturated carbocycles. The Morgan fingerprint density at radius 1 is 1.61 bits per heavy atom. The fraction of sp³-hybridized carbons (Fsp3) is 0.583. The molecule has 0 saturated heterocycles. The van der Waals surface area contributed by atoms with Crippen LogP contribution in [0.5, 0.6) is 0 Å². The molecule has 1 aliphatic heterocycles. The highest BCUT2D eigenvalue weighted by atomic mass is 32.2. The summed E-state index contributed by atoms with van der Waals surface area (Å²) in [6, 6.07) is 0.0118. The fourth-order valence-corrected chi connectivity index (χ4v) is 2.89. The fourth-order valence-electron chi connectivity index (χ4n) is 1.73. The van der Waals surface area contributed by atoms with E-state index in [0.717, 1.165) is 0 Å². The van der Waals surface area contributed by atoms with E-state index in [2.05, 4.69) is 36.1 Å². The molecule has 0 aliphatic carbocycles. The molecule has 1 aliphatic rings. The monoisotopic (exact) mass is 266 g/mol. The number of aromatic nitrogens is 2. The van der Waals surface area contributed by atoms with E-state index in [1.54, 1.807) is 12.4 Å². The Morgan fingerprint density at radius 2 is 2.39 bits per heavy atom. The SMILES string of the molecule is CC(C)C1=NC(CNC(=O)n2ccnc2)C(C)S1. The van der Waals surface area contributed by atoms with Crippen LogP contribution in [0.15, 0.2) is 23.7 Å². The van der Waals surface area contributed by atoms with Crippen LogP contribution in [0.25, 0.3) is 0 Å². The molecule has 1 aromatic heterocycles. The Labute approximate surface area is 111 Å². The zero-order valence-corrected chi connectivity index (χ0v) is 11.6. The highest BCUT2D eigenvalue weighted by Gasteiger charge is 2.27. The second kappa shape index (κ2) is 5.56. The van der Waals surface area contributed by atoms with Gasteiger partial charge in [-0.25, -0.2) is 9.78 Å². The van der Waals surface area contributed by atoms with Gasteiger partial charge in [0.25, 0.3) is 0 Å². The molecule has 0 aromatic carbocycles. The van der Waals surface area contributed by atoms with Crippen molar-refractivity contribution in [3.63, 3.8) is 0 Å². The lowest BCUT2D eigenvalue weighted by atomic mass is 10.2. The Balaban J connectivity index is 1.89. The third-order valence-electron chi connectivity index (χ3n) is 2.84. The van der Waals surface area contributed by atoms with E-state index in [0.29, 0.717) is 17.7 Å². The first-order valence-corrected chi connectivity index (χ1v) is 6.96. The standard InChI is InChI=1S/C12H18N4OS/c1-8(2)11-15-10(9(3)18-11)6-14-12(17)16-5-4-13-7-16/h4-5,7-10H,6H2,1-3H3,(H,14,17). The number of carbonyl (C=O) groups is 1. The molecule has 2 rings (SSSR count). The molecule has 0 bridgehead atoms. The smallest absolute Gasteiger partial charge is 0.326 e. The molecule has 6 heteroatoms. The first-order valence-electron chi connectivity index (χ1n) is 6.08. The van der Waals surface area contributed by atoms with Gasteiger partial charge in [-0.2, -0.15) is 0 Å². The second-order valence-corrected chi connectivity index (χ2v) is 6.07. The van der Waals surface area contributed by atoms with Gasteiger partial charge in [-0.15, -0.1) is 11.8 Å². The molecule has 0 spiro atoms. The van der Waals surface area contributed by atoms with Crippen LogP contribution in [0, 0.1) is 5.92 Å². The Morgan fingerprint density at radius 3 is 2.94 bits per heavy atom. The molecule has 2 unspecified atom stereocenters. The van der Waals surface area contributed by atoms with Crippen LogP contribution in [0.3, 0.4) is 0 Å². The minimum Gasteiger partial charge on any atom is -0.335 e. The van der Waals surface area contributed by atoms with Crippen LogP contribution >= 0.6 is 11.8 Å². The number of thioether (sulfide) groups is 1. The number of hydrogen-bond donors (Lipinski definition) is 1. The molecular formula is C12H18N4OS. The highest BCUT2D eigenvalue weighted by Crippen LogP contribution is 2.29. The first kappa shape index (κ1) is 13.1. The van der Waals surface area contributed by atoms with Crippen LogP contribution in [0.2, 0.25) is 0 Å². The van der Waals surface area contributed by atoms with Crippen molar-refractivity contribution >= 4 is 22.8 Å². The summed E-state index contributed by atoms with van der Waals surface area (Å²) in [5, 5.41) is 4.49. The predicted octanol–water partition coefficient (Wildman–Crippen LogP) is 2.00. The van der Waals surface area contributed by atoms with Crippen LogP contribution in [-0.4, -0.2) is 38.5 Å². The maximum Gasteiger partial charge on any atom is 0.326 e. The van der Waals surface area contributed by atoms with E-state index in [4.69, 9.17) is 0 Å². The van der Waals surface area contributed by atoms with Crippen molar-refractivity contribution in [1.29, 1.82) is 0 Å². The van der Waals surface area contributed by atoms with Gasteiger partial charge in [-0.3, -0.25) is 9.56 Å². The van der Waals surface area contributed by atoms with Crippen LogP contribution < -0.4 is 5.32 Å². The van der Waals surface area contributed by atoms with Crippen molar-refractivity contribution in [2.75, 3.05) is 6.54 Å². The van der Waals surface area contributed by atoms with E-state index < -0.39 is 0 Å². The zero-order valence-electron chi connectivity index (χ0n) is 10.8. The minimum absolute atomic E-state index is 0.155. The minimum atomic E-state index is -0.155. The van der Waals surface area contributed by atoms with Crippen LogP contribution in [-0.2, 0) is 0 Å². The van der Waals surface area contributed by atoms with Gasteiger partial charge in [0.1, 0.15) is 6.33 Å². The molecule has 98 valence electrons. The van der Waals surface area contributed by atoms with E-state index in [1.165, 1.54) is 15.9 Å². The number of hydrogen-bond acceptors (Lipinski definition) is 4. The maximum absolute atomic E-state index is 11.7. The van der Waals surface area contributed by atoms with Gasteiger partial charge < -0.3 is 5.32 Å². The number of rotatable bonds is 3. The number of imidazole rings is 1. The number of nitrogens with zero attached hydrogens (tertiary/aromatic N) is 3. The van der Waals surface area contributed by atoms with Gasteiger partial charge in [-0.1, -0.05) is 20.8 Å². The second-order valence-electron chi connectivity index (χ2n) is 4.67. The van der Waals surface area contributed by atoms with Crippen LogP contribution in [0.4, 0.5) is 4.79 Å². The summed E-state index contributed by atoms with van der Waals surface area (Å²) in [5.74, 6) is 0.465. The van der Waals surface area contributed by atoms with E-state index in [-0.39, 0.29) is 12.1 Å². The van der Waals surface area contributed by atoms with Crippen molar-refractivity contribution in [2.24, 2.45) is 10.9 Å². The van der Waals surface area contributed by atoms with E-state index in [1.807, 2.05) is 11.8 Å². The van der Waals surface area contributed by atoms with Gasteiger partial charge in [-0.05, 0) is 0 Å². The van der Waals surface area contributed by atoms with Crippen molar-refractivity contribution in [2.45, 2.75) is 32.1 Å². The third-order valence-corrected chi connectivity index (χ3v) is 4.34. The number of amides is 1. The highest BCUT2D eigenvalue weighted by molar-refractivity contribution is 8.14. The third kappa shape index (κ3) is 2.93. The summed E-state index contributed by atoms with van der Waals surface area (Å²) in [6.45, 7) is 7.01. The average Bonchev–Trinajstić information content (AvgIpc) is 2.95. The molecule has 18 heavy (non-hydrogen) atoms. The van der Waals surface area contributed by atoms with E-state index in [9.17, 15) is 4.79 Å². The predicted molar refractivity (Wildman–Crippen MR) is 74.1 cm³/mol. The Kier molecular flexibility index (Phi) is 4.06. The summed E-state index contributed by atoms with van der Waals surface area (Å²) >= 11 is 1.81. The molecule has 5 nitrogen and oxygen atoms in total. The first-order chi connectivity index (χ1) is 8.58. The largest absolute Gasteiger partial charge is 0.335 e. The lowest BCUT2D eigenvalue weighted by molar-refractivity contribution is 0.241. The molecule has 2 heterocycles. The van der Waals surface area contributed by atoms with Crippen molar-refractivity contribution in [3.8, 4) is 0 Å². The number of nitrogens with one attached hydrogen (secondary N) is 1. The Hall–Kier alpha value is -1.30. The van der Waals surface area contributed by atoms with Gasteiger partial charge in [0.2, 0.25) is 0 Å². The topological polar surface area (TPSA) is 59.3 Å². The summed E-state index contributed by atoms with van der Waals surface area (Å²) in [7, 11) is 0. The molecular weight excluding hydrogens is 248 g/mol. The van der Waals surface area contributed by atoms with Gasteiger partial charge in [0, 0.05) is 30.1 Å². The van der Waals surface area contributed by atoms with Crippen molar-refractivity contribution in [1.82, 2.24) is 14.9 Å². The molecule has 2 atom stereocenters. The maximum atomic E-state index is 11.7. The van der Waals surface area contributed by atoms with E-state index >= 15 is 0 Å². The molecule has 0 radical (unpaired) electrons. The lowest BCUT2D eigenvalue weighted by Gasteiger charge is -2.13. The van der Waals surface area contributed by atoms with Crippen molar-refractivity contribution in [3.05, 3.63) is 18.7 Å². The van der Waals surface area contributed by atoms with Gasteiger partial charge in [0.15, 0.2) is 0 Å². The van der Waals surface area contributed by atoms with Crippen molar-refractivity contribution < 1.29 is 4.79 Å². The summed E-state index contributed by atoms with van der Waals surface area (Å²) in [6.07, 6.45) is 4.71. The summed E-state index contributed by atoms with van der Waals surface area (Å²) in [5.41, 5.74) is 0.